The van der Waals surface area contributed by atoms with Gasteiger partial charge in [-0.3, -0.25) is 0 Å². The van der Waals surface area contributed by atoms with E-state index in [0.29, 0.717) is 12.1 Å². The highest BCUT2D eigenvalue weighted by molar-refractivity contribution is 5.98. The second kappa shape index (κ2) is 6.72. The third-order valence-electron chi connectivity index (χ3n) is 3.73. The zero-order valence-electron chi connectivity index (χ0n) is 13.8. The van der Waals surface area contributed by atoms with Crippen molar-refractivity contribution in [2.75, 3.05) is 27.2 Å². The zero-order chi connectivity index (χ0) is 17.1. The predicted octanol–water partition coefficient (Wildman–Crippen LogP) is 2.57. The summed E-state index contributed by atoms with van der Waals surface area (Å²) in [5.74, 6) is 0.805. The Hall–Kier alpha value is -2.86. The molecular formula is C18H20N4O2. The third kappa shape index (κ3) is 3.23. The van der Waals surface area contributed by atoms with Gasteiger partial charge >= 0.3 is 6.03 Å². The lowest BCUT2D eigenvalue weighted by Crippen LogP contribution is -2.20. The summed E-state index contributed by atoms with van der Waals surface area (Å²) in [7, 11) is 4.01. The van der Waals surface area contributed by atoms with Crippen LogP contribution in [-0.2, 0) is 0 Å². The fraction of sp³-hybridized carbons (Fsp3) is 0.222. The Bertz CT molecular complexity index is 853. The Labute approximate surface area is 140 Å². The zero-order valence-corrected chi connectivity index (χ0v) is 13.8. The van der Waals surface area contributed by atoms with Crippen molar-refractivity contribution in [2.24, 2.45) is 5.73 Å². The van der Waals surface area contributed by atoms with Gasteiger partial charge in [-0.05, 0) is 44.4 Å². The van der Waals surface area contributed by atoms with Crippen molar-refractivity contribution >= 4 is 16.9 Å². The van der Waals surface area contributed by atoms with Crippen LogP contribution in [0.4, 0.5) is 4.79 Å². The first-order valence-corrected chi connectivity index (χ1v) is 7.72. The average molecular weight is 324 g/mol. The second-order valence-electron chi connectivity index (χ2n) is 5.79. The van der Waals surface area contributed by atoms with E-state index in [-0.39, 0.29) is 0 Å². The molecule has 1 amide bonds. The number of nitrogens with zero attached hydrogens (tertiary/aromatic N) is 3. The molecule has 1 aromatic heterocycles. The molecule has 2 aromatic carbocycles. The molecule has 0 bridgehead atoms. The lowest BCUT2D eigenvalue weighted by atomic mass is 10.1. The molecule has 1 heterocycles. The molecule has 2 N–H and O–H groups in total. The van der Waals surface area contributed by atoms with E-state index in [4.69, 9.17) is 10.5 Å². The minimum absolute atomic E-state index is 0.596. The van der Waals surface area contributed by atoms with Gasteiger partial charge in [0.05, 0.1) is 5.52 Å². The van der Waals surface area contributed by atoms with Gasteiger partial charge in [0.25, 0.3) is 0 Å². The van der Waals surface area contributed by atoms with Crippen molar-refractivity contribution in [3.8, 4) is 17.0 Å². The standard InChI is InChI=1S/C18H20N4O2/c1-21(2)11-12-24-14-9-7-13(8-10-14)17-15-5-3-4-6-16(15)22(20-17)18(19)23/h3-10H,11-12H2,1-2H3,(H2,19,23). The Morgan fingerprint density at radius 1 is 1.17 bits per heavy atom. The fourth-order valence-corrected chi connectivity index (χ4v) is 2.50. The molecule has 124 valence electrons. The normalized spacial score (nSPS) is 11.1. The quantitative estimate of drug-likeness (QED) is 0.783. The van der Waals surface area contributed by atoms with E-state index in [2.05, 4.69) is 10.00 Å². The summed E-state index contributed by atoms with van der Waals surface area (Å²) in [6.45, 7) is 1.49. The Balaban J connectivity index is 1.89. The minimum Gasteiger partial charge on any atom is -0.492 e. The average Bonchev–Trinajstić information content (AvgIpc) is 2.95. The molecule has 6 nitrogen and oxygen atoms in total. The number of likely N-dealkylation sites (N-methyl/N-ethyl adjacent to an activating group) is 1. The number of para-hydroxylation sites is 1. The molecule has 0 fully saturated rings. The highest BCUT2D eigenvalue weighted by atomic mass is 16.5. The predicted molar refractivity (Wildman–Crippen MR) is 94.2 cm³/mol. The van der Waals surface area contributed by atoms with Gasteiger partial charge in [0.1, 0.15) is 18.1 Å². The van der Waals surface area contributed by atoms with Crippen LogP contribution in [0.5, 0.6) is 5.75 Å². The van der Waals surface area contributed by atoms with Crippen molar-refractivity contribution in [3.63, 3.8) is 0 Å². The van der Waals surface area contributed by atoms with Crippen molar-refractivity contribution in [3.05, 3.63) is 48.5 Å². The van der Waals surface area contributed by atoms with E-state index in [1.165, 1.54) is 4.68 Å². The first-order chi connectivity index (χ1) is 11.6. The van der Waals surface area contributed by atoms with E-state index in [1.807, 2.05) is 62.6 Å². The lowest BCUT2D eigenvalue weighted by molar-refractivity contribution is 0.248. The van der Waals surface area contributed by atoms with Gasteiger partial charge in [-0.15, -0.1) is 0 Å². The summed E-state index contributed by atoms with van der Waals surface area (Å²) in [6, 6.07) is 14.6. The van der Waals surface area contributed by atoms with E-state index >= 15 is 0 Å². The van der Waals surface area contributed by atoms with Crippen LogP contribution < -0.4 is 10.5 Å². The topological polar surface area (TPSA) is 73.4 Å². The number of primary amides is 1. The minimum atomic E-state index is -0.596. The van der Waals surface area contributed by atoms with Gasteiger partial charge in [0, 0.05) is 17.5 Å². The van der Waals surface area contributed by atoms with Crippen LogP contribution >= 0.6 is 0 Å². The molecule has 0 aliphatic carbocycles. The molecule has 24 heavy (non-hydrogen) atoms. The molecule has 0 aliphatic heterocycles. The number of aromatic nitrogens is 2. The van der Waals surface area contributed by atoms with Gasteiger partial charge < -0.3 is 15.4 Å². The summed E-state index contributed by atoms with van der Waals surface area (Å²) in [5.41, 5.74) is 7.75. The Kier molecular flexibility index (Phi) is 4.48. The lowest BCUT2D eigenvalue weighted by Gasteiger charge is -2.11. The maximum absolute atomic E-state index is 11.6. The molecule has 0 atom stereocenters. The van der Waals surface area contributed by atoms with Crippen LogP contribution in [0, 0.1) is 0 Å². The number of carbonyl (C=O) groups is 1. The number of rotatable bonds is 5. The van der Waals surface area contributed by atoms with Crippen molar-refractivity contribution in [1.29, 1.82) is 0 Å². The van der Waals surface area contributed by atoms with E-state index in [0.717, 1.165) is 28.9 Å². The van der Waals surface area contributed by atoms with Crippen molar-refractivity contribution in [2.45, 2.75) is 0 Å². The maximum Gasteiger partial charge on any atom is 0.340 e. The Morgan fingerprint density at radius 2 is 1.88 bits per heavy atom. The first kappa shape index (κ1) is 16.0. The largest absolute Gasteiger partial charge is 0.492 e. The molecule has 6 heteroatoms. The van der Waals surface area contributed by atoms with Crippen LogP contribution in [-0.4, -0.2) is 48.0 Å². The summed E-state index contributed by atoms with van der Waals surface area (Å²) in [5, 5.41) is 5.26. The molecule has 0 saturated carbocycles. The van der Waals surface area contributed by atoms with Crippen molar-refractivity contribution in [1.82, 2.24) is 14.7 Å². The number of nitrogens with two attached hydrogens (primary N) is 1. The van der Waals surface area contributed by atoms with Gasteiger partial charge in [-0.1, -0.05) is 18.2 Å². The summed E-state index contributed by atoms with van der Waals surface area (Å²) in [4.78, 5) is 13.7. The van der Waals surface area contributed by atoms with E-state index < -0.39 is 6.03 Å². The SMILES string of the molecule is CN(C)CCOc1ccc(-c2nn(C(N)=O)c3ccccc23)cc1. The number of benzene rings is 2. The number of hydrogen-bond acceptors (Lipinski definition) is 4. The molecule has 0 radical (unpaired) electrons. The summed E-state index contributed by atoms with van der Waals surface area (Å²) in [6.07, 6.45) is 0. The number of hydrogen-bond donors (Lipinski definition) is 1. The monoisotopic (exact) mass is 324 g/mol. The smallest absolute Gasteiger partial charge is 0.340 e. The van der Waals surface area contributed by atoms with E-state index in [9.17, 15) is 4.79 Å². The van der Waals surface area contributed by atoms with Gasteiger partial charge in [-0.2, -0.15) is 9.78 Å². The highest BCUT2D eigenvalue weighted by Gasteiger charge is 2.14. The van der Waals surface area contributed by atoms with Gasteiger partial charge in [-0.25, -0.2) is 4.79 Å². The number of ether oxygens (including phenoxy) is 1. The summed E-state index contributed by atoms with van der Waals surface area (Å²) >= 11 is 0. The number of amides is 1. The summed E-state index contributed by atoms with van der Waals surface area (Å²) < 4.78 is 6.93. The van der Waals surface area contributed by atoms with E-state index in [1.54, 1.807) is 0 Å². The molecule has 0 aliphatic rings. The molecule has 3 rings (SSSR count). The van der Waals surface area contributed by atoms with Crippen LogP contribution in [0.25, 0.3) is 22.2 Å². The molecular weight excluding hydrogens is 304 g/mol. The molecule has 0 saturated heterocycles. The van der Waals surface area contributed by atoms with Crippen molar-refractivity contribution < 1.29 is 9.53 Å². The van der Waals surface area contributed by atoms with Gasteiger partial charge in [0.15, 0.2) is 0 Å². The molecule has 0 spiro atoms. The second-order valence-corrected chi connectivity index (χ2v) is 5.79. The third-order valence-corrected chi connectivity index (χ3v) is 3.73. The molecule has 3 aromatic rings. The fourth-order valence-electron chi connectivity index (χ4n) is 2.50. The molecule has 0 unspecified atom stereocenters. The van der Waals surface area contributed by atoms with Gasteiger partial charge in [0.2, 0.25) is 0 Å². The van der Waals surface area contributed by atoms with Crippen LogP contribution in [0.1, 0.15) is 0 Å². The van der Waals surface area contributed by atoms with Crippen LogP contribution in [0.15, 0.2) is 48.5 Å². The maximum atomic E-state index is 11.6. The van der Waals surface area contributed by atoms with Crippen LogP contribution in [0.2, 0.25) is 0 Å². The van der Waals surface area contributed by atoms with Crippen LogP contribution in [0.3, 0.4) is 0 Å². The first-order valence-electron chi connectivity index (χ1n) is 7.72. The Morgan fingerprint density at radius 3 is 2.54 bits per heavy atom. The number of fused-ring (bicyclic) bond motifs is 1. The highest BCUT2D eigenvalue weighted by Crippen LogP contribution is 2.29. The number of carbonyl (C=O) groups excluding carboxylic acids is 1.